The first kappa shape index (κ1) is 18.7. The van der Waals surface area contributed by atoms with Crippen molar-refractivity contribution in [3.05, 3.63) is 47.9 Å². The van der Waals surface area contributed by atoms with E-state index >= 15 is 0 Å². The highest BCUT2D eigenvalue weighted by Gasteiger charge is 2.29. The van der Waals surface area contributed by atoms with E-state index in [9.17, 15) is 18.0 Å². The second kappa shape index (κ2) is 7.96. The third-order valence-corrected chi connectivity index (χ3v) is 3.56. The van der Waals surface area contributed by atoms with Gasteiger partial charge in [0, 0.05) is 25.3 Å². The summed E-state index contributed by atoms with van der Waals surface area (Å²) in [4.78, 5) is 21.8. The molecule has 0 fully saturated rings. The molecule has 1 N–H and O–H groups in total. The average molecular weight is 352 g/mol. The molecule has 1 aromatic heterocycles. The molecule has 0 bridgehead atoms. The van der Waals surface area contributed by atoms with Gasteiger partial charge in [-0.3, -0.25) is 4.79 Å². The molecular formula is C17H19F3N4O. The number of rotatable bonds is 6. The van der Waals surface area contributed by atoms with Crippen LogP contribution in [0.1, 0.15) is 35.8 Å². The van der Waals surface area contributed by atoms with E-state index in [0.29, 0.717) is 18.1 Å². The zero-order chi connectivity index (χ0) is 18.4. The molecule has 0 aliphatic heterocycles. The summed E-state index contributed by atoms with van der Waals surface area (Å²) in [6.07, 6.45) is -1.27. The van der Waals surface area contributed by atoms with Crippen molar-refractivity contribution in [1.29, 1.82) is 0 Å². The Kier molecular flexibility index (Phi) is 5.95. The van der Waals surface area contributed by atoms with Crippen LogP contribution in [0.2, 0.25) is 0 Å². The smallest absolute Gasteiger partial charge is 0.340 e. The second-order valence-corrected chi connectivity index (χ2v) is 5.57. The zero-order valence-corrected chi connectivity index (χ0v) is 14.0. The maximum atomic E-state index is 12.6. The first-order valence-electron chi connectivity index (χ1n) is 7.83. The van der Waals surface area contributed by atoms with Gasteiger partial charge in [-0.1, -0.05) is 13.3 Å². The Morgan fingerprint density at radius 3 is 2.48 bits per heavy atom. The van der Waals surface area contributed by atoms with Crippen LogP contribution in [0.4, 0.5) is 24.7 Å². The lowest BCUT2D eigenvalue weighted by atomic mass is 10.2. The molecule has 0 unspecified atom stereocenters. The molecule has 1 aromatic carbocycles. The summed E-state index contributed by atoms with van der Waals surface area (Å²) in [6.45, 7) is 2.66. The van der Waals surface area contributed by atoms with Gasteiger partial charge < -0.3 is 10.2 Å². The van der Waals surface area contributed by atoms with Gasteiger partial charge in [-0.25, -0.2) is 9.97 Å². The number of aromatic nitrogens is 2. The van der Waals surface area contributed by atoms with Crippen LogP contribution < -0.4 is 5.32 Å². The number of benzene rings is 1. The molecule has 2 rings (SSSR count). The molecule has 0 aliphatic carbocycles. The minimum Gasteiger partial charge on any atom is -0.340 e. The van der Waals surface area contributed by atoms with Crippen LogP contribution in [0.15, 0.2) is 36.7 Å². The number of halogens is 3. The van der Waals surface area contributed by atoms with Gasteiger partial charge in [-0.2, -0.15) is 13.2 Å². The largest absolute Gasteiger partial charge is 0.416 e. The fourth-order valence-electron chi connectivity index (χ4n) is 2.13. The van der Waals surface area contributed by atoms with Gasteiger partial charge in [-0.05, 0) is 30.7 Å². The van der Waals surface area contributed by atoms with Crippen LogP contribution in [-0.2, 0) is 6.18 Å². The van der Waals surface area contributed by atoms with Gasteiger partial charge in [0.05, 0.1) is 5.56 Å². The van der Waals surface area contributed by atoms with Gasteiger partial charge in [0.25, 0.3) is 5.91 Å². The SMILES string of the molecule is CCCCN(C)C(=O)c1cc(Nc2ccc(C(F)(F)F)cc2)ncn1. The molecule has 0 spiro atoms. The van der Waals surface area contributed by atoms with E-state index in [4.69, 9.17) is 0 Å². The fraction of sp³-hybridized carbons (Fsp3) is 0.353. The molecule has 25 heavy (non-hydrogen) atoms. The minimum atomic E-state index is -4.38. The van der Waals surface area contributed by atoms with E-state index in [2.05, 4.69) is 15.3 Å². The topological polar surface area (TPSA) is 58.1 Å². The van der Waals surface area contributed by atoms with Crippen LogP contribution >= 0.6 is 0 Å². The Labute approximate surface area is 143 Å². The number of nitrogens with zero attached hydrogens (tertiary/aromatic N) is 3. The van der Waals surface area contributed by atoms with Crippen LogP contribution in [0.25, 0.3) is 0 Å². The summed E-state index contributed by atoms with van der Waals surface area (Å²) >= 11 is 0. The minimum absolute atomic E-state index is 0.225. The quantitative estimate of drug-likeness (QED) is 0.850. The fourth-order valence-corrected chi connectivity index (χ4v) is 2.13. The molecule has 2 aromatic rings. The van der Waals surface area contributed by atoms with Crippen molar-refractivity contribution in [2.24, 2.45) is 0 Å². The molecule has 134 valence electrons. The molecule has 8 heteroatoms. The van der Waals surface area contributed by atoms with E-state index in [1.807, 2.05) is 6.92 Å². The van der Waals surface area contributed by atoms with E-state index in [0.717, 1.165) is 25.0 Å². The average Bonchev–Trinajstić information content (AvgIpc) is 2.59. The van der Waals surface area contributed by atoms with Crippen molar-refractivity contribution in [2.75, 3.05) is 18.9 Å². The summed E-state index contributed by atoms with van der Waals surface area (Å²) in [5.41, 5.74) is -0.0680. The number of amides is 1. The highest BCUT2D eigenvalue weighted by molar-refractivity contribution is 5.92. The first-order chi connectivity index (χ1) is 11.8. The first-order valence-corrected chi connectivity index (χ1v) is 7.83. The van der Waals surface area contributed by atoms with Gasteiger partial charge in [-0.15, -0.1) is 0 Å². The van der Waals surface area contributed by atoms with Crippen molar-refractivity contribution >= 4 is 17.4 Å². The third kappa shape index (κ3) is 5.17. The lowest BCUT2D eigenvalue weighted by molar-refractivity contribution is -0.137. The molecule has 0 radical (unpaired) electrons. The van der Waals surface area contributed by atoms with Crippen LogP contribution in [0.5, 0.6) is 0 Å². The number of nitrogens with one attached hydrogen (secondary N) is 1. The lowest BCUT2D eigenvalue weighted by Gasteiger charge is -2.16. The van der Waals surface area contributed by atoms with Gasteiger partial charge in [0.1, 0.15) is 17.8 Å². The molecule has 0 saturated heterocycles. The van der Waals surface area contributed by atoms with Gasteiger partial charge in [0.2, 0.25) is 0 Å². The van der Waals surface area contributed by atoms with Crippen molar-refractivity contribution in [1.82, 2.24) is 14.9 Å². The molecule has 0 aliphatic rings. The van der Waals surface area contributed by atoms with Gasteiger partial charge in [0.15, 0.2) is 0 Å². The Morgan fingerprint density at radius 1 is 1.20 bits per heavy atom. The standard InChI is InChI=1S/C17H19F3N4O/c1-3-4-9-24(2)16(25)14-10-15(22-11-21-14)23-13-7-5-12(6-8-13)17(18,19)20/h5-8,10-11H,3-4,9H2,1-2H3,(H,21,22,23). The predicted molar refractivity (Wildman–Crippen MR) is 88.6 cm³/mol. The normalized spacial score (nSPS) is 11.2. The highest BCUT2D eigenvalue weighted by Crippen LogP contribution is 2.30. The Bertz CT molecular complexity index is 717. The molecule has 1 amide bonds. The number of alkyl halides is 3. The Morgan fingerprint density at radius 2 is 1.88 bits per heavy atom. The summed E-state index contributed by atoms with van der Waals surface area (Å²) in [7, 11) is 1.70. The lowest BCUT2D eigenvalue weighted by Crippen LogP contribution is -2.28. The summed E-state index contributed by atoms with van der Waals surface area (Å²) in [5, 5.41) is 2.87. The van der Waals surface area contributed by atoms with Crippen molar-refractivity contribution in [3.8, 4) is 0 Å². The monoisotopic (exact) mass is 352 g/mol. The summed E-state index contributed by atoms with van der Waals surface area (Å²) in [5.74, 6) is 0.105. The molecule has 1 heterocycles. The Hall–Kier alpha value is -2.64. The Balaban J connectivity index is 2.10. The number of carbonyl (C=O) groups is 1. The van der Waals surface area contributed by atoms with E-state index in [1.54, 1.807) is 11.9 Å². The number of anilines is 2. The van der Waals surface area contributed by atoms with Crippen LogP contribution in [0, 0.1) is 0 Å². The molecule has 0 atom stereocenters. The summed E-state index contributed by atoms with van der Waals surface area (Å²) < 4.78 is 37.7. The van der Waals surface area contributed by atoms with E-state index in [-0.39, 0.29) is 11.6 Å². The highest BCUT2D eigenvalue weighted by atomic mass is 19.4. The van der Waals surface area contributed by atoms with E-state index < -0.39 is 11.7 Å². The zero-order valence-electron chi connectivity index (χ0n) is 14.0. The maximum Gasteiger partial charge on any atom is 0.416 e. The molecule has 0 saturated carbocycles. The van der Waals surface area contributed by atoms with Crippen molar-refractivity contribution in [2.45, 2.75) is 25.9 Å². The van der Waals surface area contributed by atoms with Crippen LogP contribution in [0.3, 0.4) is 0 Å². The molecule has 5 nitrogen and oxygen atoms in total. The van der Waals surface area contributed by atoms with Crippen LogP contribution in [-0.4, -0.2) is 34.4 Å². The van der Waals surface area contributed by atoms with E-state index in [1.165, 1.54) is 24.5 Å². The number of unbranched alkanes of at least 4 members (excludes halogenated alkanes) is 1. The number of hydrogen-bond acceptors (Lipinski definition) is 4. The van der Waals surface area contributed by atoms with Gasteiger partial charge >= 0.3 is 6.18 Å². The van der Waals surface area contributed by atoms with Crippen molar-refractivity contribution < 1.29 is 18.0 Å². The number of carbonyl (C=O) groups excluding carboxylic acids is 1. The molecular weight excluding hydrogens is 333 g/mol. The second-order valence-electron chi connectivity index (χ2n) is 5.57. The predicted octanol–water partition coefficient (Wildman–Crippen LogP) is 4.11. The third-order valence-electron chi connectivity index (χ3n) is 3.56. The number of hydrogen-bond donors (Lipinski definition) is 1. The maximum absolute atomic E-state index is 12.6. The van der Waals surface area contributed by atoms with Crippen molar-refractivity contribution in [3.63, 3.8) is 0 Å². The summed E-state index contributed by atoms with van der Waals surface area (Å²) in [6, 6.07) is 6.05.